The van der Waals surface area contributed by atoms with Crippen molar-refractivity contribution in [3.05, 3.63) is 0 Å². The van der Waals surface area contributed by atoms with Crippen LogP contribution in [0.2, 0.25) is 0 Å². The highest BCUT2D eigenvalue weighted by Crippen LogP contribution is 2.23. The topological polar surface area (TPSA) is 44.4 Å². The minimum Gasteiger partial charge on any atom is -0.352 e. The molecule has 4 nitrogen and oxygen atoms in total. The Hall–Kier alpha value is -0.610. The van der Waals surface area contributed by atoms with Gasteiger partial charge in [0.15, 0.2) is 0 Å². The first-order valence-corrected chi connectivity index (χ1v) is 7.83. The average Bonchev–Trinajstić information content (AvgIpc) is 2.37. The number of rotatable bonds is 3. The molecular weight excluding hydrogens is 238 g/mol. The summed E-state index contributed by atoms with van der Waals surface area (Å²) in [5.41, 5.74) is 0. The zero-order valence-electron chi connectivity index (χ0n) is 12.6. The largest absolute Gasteiger partial charge is 0.352 e. The van der Waals surface area contributed by atoms with Crippen molar-refractivity contribution in [1.82, 2.24) is 15.5 Å². The molecule has 4 unspecified atom stereocenters. The molecule has 2 rings (SSSR count). The number of carbonyl (C=O) groups excluding carboxylic acids is 1. The van der Waals surface area contributed by atoms with Crippen molar-refractivity contribution >= 4 is 5.91 Å². The van der Waals surface area contributed by atoms with Gasteiger partial charge in [-0.3, -0.25) is 9.69 Å². The predicted molar refractivity (Wildman–Crippen MR) is 78.1 cm³/mol. The van der Waals surface area contributed by atoms with E-state index in [1.807, 2.05) is 0 Å². The molecule has 19 heavy (non-hydrogen) atoms. The summed E-state index contributed by atoms with van der Waals surface area (Å²) in [5, 5.41) is 6.70. The highest BCUT2D eigenvalue weighted by atomic mass is 16.2. The minimum absolute atomic E-state index is 0.208. The minimum atomic E-state index is 0.208. The molecule has 1 saturated carbocycles. The summed E-state index contributed by atoms with van der Waals surface area (Å²) >= 11 is 0. The van der Waals surface area contributed by atoms with Gasteiger partial charge in [-0.05, 0) is 32.6 Å². The molecule has 1 heterocycles. The van der Waals surface area contributed by atoms with E-state index in [9.17, 15) is 4.79 Å². The standard InChI is InChI=1S/C15H29N3O/c1-11-6-4-5-7-14(11)17-15(19)10-18-9-12(2)16-8-13(18)3/h11-14,16H,4-10H2,1-3H3,(H,17,19). The Morgan fingerprint density at radius 1 is 1.26 bits per heavy atom. The van der Waals surface area contributed by atoms with Crippen LogP contribution in [0.5, 0.6) is 0 Å². The summed E-state index contributed by atoms with van der Waals surface area (Å²) in [7, 11) is 0. The fourth-order valence-electron chi connectivity index (χ4n) is 3.29. The van der Waals surface area contributed by atoms with Crippen LogP contribution in [-0.2, 0) is 4.79 Å². The van der Waals surface area contributed by atoms with Crippen molar-refractivity contribution in [2.75, 3.05) is 19.6 Å². The molecule has 110 valence electrons. The summed E-state index contributed by atoms with van der Waals surface area (Å²) in [5.74, 6) is 0.844. The van der Waals surface area contributed by atoms with Gasteiger partial charge in [-0.25, -0.2) is 0 Å². The lowest BCUT2D eigenvalue weighted by atomic mass is 9.86. The van der Waals surface area contributed by atoms with Crippen molar-refractivity contribution in [2.24, 2.45) is 5.92 Å². The van der Waals surface area contributed by atoms with Crippen LogP contribution in [0, 0.1) is 5.92 Å². The van der Waals surface area contributed by atoms with Crippen LogP contribution in [0.4, 0.5) is 0 Å². The second-order valence-electron chi connectivity index (χ2n) is 6.52. The molecule has 1 aliphatic heterocycles. The van der Waals surface area contributed by atoms with Crippen LogP contribution >= 0.6 is 0 Å². The van der Waals surface area contributed by atoms with E-state index in [1.54, 1.807) is 0 Å². The maximum absolute atomic E-state index is 12.2. The van der Waals surface area contributed by atoms with Crippen molar-refractivity contribution in [3.63, 3.8) is 0 Å². The van der Waals surface area contributed by atoms with E-state index in [0.717, 1.165) is 19.5 Å². The SMILES string of the molecule is CC1CN(CC(=O)NC2CCCCC2C)C(C)CN1. The third kappa shape index (κ3) is 4.18. The van der Waals surface area contributed by atoms with Gasteiger partial charge in [0.2, 0.25) is 5.91 Å². The van der Waals surface area contributed by atoms with E-state index in [-0.39, 0.29) is 5.91 Å². The number of hydrogen-bond acceptors (Lipinski definition) is 3. The number of carbonyl (C=O) groups is 1. The first-order valence-electron chi connectivity index (χ1n) is 7.83. The van der Waals surface area contributed by atoms with Gasteiger partial charge in [0.05, 0.1) is 6.54 Å². The zero-order chi connectivity index (χ0) is 13.8. The quantitative estimate of drug-likeness (QED) is 0.811. The van der Waals surface area contributed by atoms with E-state index < -0.39 is 0 Å². The molecule has 2 fully saturated rings. The van der Waals surface area contributed by atoms with Crippen molar-refractivity contribution in [2.45, 2.75) is 64.6 Å². The number of piperazine rings is 1. The Bertz CT molecular complexity index is 308. The molecular formula is C15H29N3O. The molecule has 0 spiro atoms. The number of amides is 1. The van der Waals surface area contributed by atoms with Gasteiger partial charge >= 0.3 is 0 Å². The van der Waals surface area contributed by atoms with E-state index in [0.29, 0.717) is 30.6 Å². The van der Waals surface area contributed by atoms with Crippen LogP contribution in [0.3, 0.4) is 0 Å². The second-order valence-corrected chi connectivity index (χ2v) is 6.52. The fourth-order valence-corrected chi connectivity index (χ4v) is 3.29. The van der Waals surface area contributed by atoms with Gasteiger partial charge in [0.25, 0.3) is 0 Å². The molecule has 4 atom stereocenters. The van der Waals surface area contributed by atoms with E-state index in [1.165, 1.54) is 19.3 Å². The summed E-state index contributed by atoms with van der Waals surface area (Å²) in [6.07, 6.45) is 4.99. The molecule has 2 N–H and O–H groups in total. The van der Waals surface area contributed by atoms with Crippen LogP contribution in [0.1, 0.15) is 46.5 Å². The number of hydrogen-bond donors (Lipinski definition) is 2. The monoisotopic (exact) mass is 267 g/mol. The van der Waals surface area contributed by atoms with E-state index in [2.05, 4.69) is 36.3 Å². The maximum Gasteiger partial charge on any atom is 0.234 e. The number of nitrogens with zero attached hydrogens (tertiary/aromatic N) is 1. The first-order chi connectivity index (χ1) is 9.06. The molecule has 4 heteroatoms. The summed E-state index contributed by atoms with van der Waals surface area (Å²) in [4.78, 5) is 14.5. The van der Waals surface area contributed by atoms with Crippen LogP contribution in [-0.4, -0.2) is 48.6 Å². The van der Waals surface area contributed by atoms with Gasteiger partial charge in [-0.2, -0.15) is 0 Å². The van der Waals surface area contributed by atoms with Gasteiger partial charge in [-0.1, -0.05) is 19.8 Å². The first kappa shape index (κ1) is 14.8. The van der Waals surface area contributed by atoms with Crippen LogP contribution in [0.25, 0.3) is 0 Å². The highest BCUT2D eigenvalue weighted by molar-refractivity contribution is 5.78. The molecule has 1 saturated heterocycles. The number of nitrogens with one attached hydrogen (secondary N) is 2. The lowest BCUT2D eigenvalue weighted by Crippen LogP contribution is -2.57. The van der Waals surface area contributed by atoms with Crippen LogP contribution < -0.4 is 10.6 Å². The Kier molecular flexibility index (Phi) is 5.22. The van der Waals surface area contributed by atoms with Crippen molar-refractivity contribution in [3.8, 4) is 0 Å². The van der Waals surface area contributed by atoms with Crippen molar-refractivity contribution < 1.29 is 4.79 Å². The summed E-state index contributed by atoms with van der Waals surface area (Å²) in [6.45, 7) is 9.13. The van der Waals surface area contributed by atoms with Gasteiger partial charge in [0.1, 0.15) is 0 Å². The average molecular weight is 267 g/mol. The van der Waals surface area contributed by atoms with Gasteiger partial charge < -0.3 is 10.6 Å². The molecule has 1 amide bonds. The molecule has 0 aromatic heterocycles. The van der Waals surface area contributed by atoms with Gasteiger partial charge in [-0.15, -0.1) is 0 Å². The second kappa shape index (κ2) is 6.71. The summed E-state index contributed by atoms with van der Waals surface area (Å²) < 4.78 is 0. The van der Waals surface area contributed by atoms with Crippen molar-refractivity contribution in [1.29, 1.82) is 0 Å². The maximum atomic E-state index is 12.2. The Balaban J connectivity index is 1.79. The molecule has 0 radical (unpaired) electrons. The van der Waals surface area contributed by atoms with Gasteiger partial charge in [0, 0.05) is 31.2 Å². The van der Waals surface area contributed by atoms with E-state index >= 15 is 0 Å². The zero-order valence-corrected chi connectivity index (χ0v) is 12.6. The molecule has 0 aromatic carbocycles. The Morgan fingerprint density at radius 2 is 2.00 bits per heavy atom. The van der Waals surface area contributed by atoms with E-state index in [4.69, 9.17) is 0 Å². The third-order valence-electron chi connectivity index (χ3n) is 4.70. The smallest absolute Gasteiger partial charge is 0.234 e. The predicted octanol–water partition coefficient (Wildman–Crippen LogP) is 1.36. The Morgan fingerprint density at radius 3 is 2.74 bits per heavy atom. The molecule has 0 bridgehead atoms. The molecule has 1 aliphatic carbocycles. The lowest BCUT2D eigenvalue weighted by Gasteiger charge is -2.37. The molecule has 2 aliphatic rings. The lowest BCUT2D eigenvalue weighted by molar-refractivity contribution is -0.124. The highest BCUT2D eigenvalue weighted by Gasteiger charge is 2.27. The summed E-state index contributed by atoms with van der Waals surface area (Å²) in [6, 6.07) is 1.33. The normalized spacial score (nSPS) is 37.0. The molecule has 0 aromatic rings. The Labute approximate surface area is 117 Å². The van der Waals surface area contributed by atoms with Crippen LogP contribution in [0.15, 0.2) is 0 Å². The fraction of sp³-hybridized carbons (Fsp3) is 0.933. The third-order valence-corrected chi connectivity index (χ3v) is 4.70.